The molecule has 2 aromatic heterocycles. The van der Waals surface area contributed by atoms with Gasteiger partial charge in [0.1, 0.15) is 23.9 Å². The third-order valence-electron chi connectivity index (χ3n) is 5.03. The van der Waals surface area contributed by atoms with Crippen LogP contribution in [0.5, 0.6) is 5.88 Å². The van der Waals surface area contributed by atoms with Crippen molar-refractivity contribution < 1.29 is 9.47 Å². The lowest BCUT2D eigenvalue weighted by Crippen LogP contribution is -2.20. The number of terminal acetylenes is 1. The molecular formula is C19H22N2O2S. The molecule has 0 aromatic carbocycles. The fourth-order valence-corrected chi connectivity index (χ4v) is 5.13. The Kier molecular flexibility index (Phi) is 4.68. The van der Waals surface area contributed by atoms with Gasteiger partial charge in [0, 0.05) is 10.8 Å². The largest absolute Gasteiger partial charge is 0.474 e. The summed E-state index contributed by atoms with van der Waals surface area (Å²) in [6, 6.07) is 0. The normalized spacial score (nSPS) is 20.9. The highest BCUT2D eigenvalue weighted by molar-refractivity contribution is 7.19. The average Bonchev–Trinajstić information content (AvgIpc) is 3.16. The van der Waals surface area contributed by atoms with E-state index in [4.69, 9.17) is 15.9 Å². The predicted molar refractivity (Wildman–Crippen MR) is 95.6 cm³/mol. The summed E-state index contributed by atoms with van der Waals surface area (Å²) in [5.41, 5.74) is 1.35. The molecule has 0 aliphatic heterocycles. The number of thiophene rings is 1. The predicted octanol–water partition coefficient (Wildman–Crippen LogP) is 4.08. The molecule has 0 bridgehead atoms. The van der Waals surface area contributed by atoms with E-state index in [1.807, 2.05) is 0 Å². The van der Waals surface area contributed by atoms with Crippen molar-refractivity contribution in [1.82, 2.24) is 9.97 Å². The van der Waals surface area contributed by atoms with E-state index in [0.717, 1.165) is 41.8 Å². The number of aryl methyl sites for hydroxylation is 1. The van der Waals surface area contributed by atoms with E-state index in [0.29, 0.717) is 25.2 Å². The van der Waals surface area contributed by atoms with E-state index in [-0.39, 0.29) is 0 Å². The van der Waals surface area contributed by atoms with Crippen molar-refractivity contribution in [3.8, 4) is 18.2 Å². The van der Waals surface area contributed by atoms with Gasteiger partial charge in [-0.05, 0) is 44.1 Å². The van der Waals surface area contributed by atoms with Gasteiger partial charge in [-0.2, -0.15) is 0 Å². The lowest BCUT2D eigenvalue weighted by Gasteiger charge is -2.23. The Morgan fingerprint density at radius 2 is 2.08 bits per heavy atom. The molecule has 0 radical (unpaired) electrons. The molecule has 0 amide bonds. The van der Waals surface area contributed by atoms with Crippen LogP contribution in [0.2, 0.25) is 0 Å². The molecule has 1 atom stereocenters. The molecule has 2 aliphatic carbocycles. The van der Waals surface area contributed by atoms with Crippen LogP contribution in [-0.4, -0.2) is 29.3 Å². The molecule has 1 fully saturated rings. The Labute approximate surface area is 146 Å². The SMILES string of the molecule is C#CCOC[C@@H]1CCc2sc3ncnc(OC4CCCCC4)c3c21. The smallest absolute Gasteiger partial charge is 0.225 e. The van der Waals surface area contributed by atoms with Crippen molar-refractivity contribution in [3.05, 3.63) is 16.8 Å². The van der Waals surface area contributed by atoms with Gasteiger partial charge in [0.05, 0.1) is 12.0 Å². The first-order valence-corrected chi connectivity index (χ1v) is 9.62. The quantitative estimate of drug-likeness (QED) is 0.606. The Hall–Kier alpha value is -1.64. The zero-order valence-corrected chi connectivity index (χ0v) is 14.6. The molecule has 2 aliphatic rings. The Morgan fingerprint density at radius 1 is 1.21 bits per heavy atom. The second kappa shape index (κ2) is 7.08. The number of aromatic nitrogens is 2. The van der Waals surface area contributed by atoms with Gasteiger partial charge in [-0.1, -0.05) is 12.3 Å². The van der Waals surface area contributed by atoms with Crippen LogP contribution in [0, 0.1) is 12.3 Å². The first kappa shape index (κ1) is 15.9. The van der Waals surface area contributed by atoms with E-state index >= 15 is 0 Å². The van der Waals surface area contributed by atoms with Crippen LogP contribution < -0.4 is 4.74 Å². The molecule has 4 rings (SSSR count). The first-order chi connectivity index (χ1) is 11.9. The minimum Gasteiger partial charge on any atom is -0.474 e. The molecule has 24 heavy (non-hydrogen) atoms. The monoisotopic (exact) mass is 342 g/mol. The van der Waals surface area contributed by atoms with Crippen LogP contribution in [0.4, 0.5) is 0 Å². The summed E-state index contributed by atoms with van der Waals surface area (Å²) in [6.45, 7) is 1.04. The summed E-state index contributed by atoms with van der Waals surface area (Å²) in [6.07, 6.45) is 15.5. The van der Waals surface area contributed by atoms with E-state index in [9.17, 15) is 0 Å². The molecule has 0 unspecified atom stereocenters. The number of fused-ring (bicyclic) bond motifs is 3. The molecular weight excluding hydrogens is 320 g/mol. The standard InChI is InChI=1S/C19H22N2O2S/c1-2-10-22-11-13-8-9-15-16(13)17-18(20-12-21-19(17)24-15)23-14-6-4-3-5-7-14/h1,12-14H,3-11H2/t13-/m0/s1. The van der Waals surface area contributed by atoms with Crippen LogP contribution in [0.25, 0.3) is 10.2 Å². The maximum absolute atomic E-state index is 6.31. The highest BCUT2D eigenvalue weighted by Crippen LogP contribution is 2.46. The van der Waals surface area contributed by atoms with Crippen molar-refractivity contribution in [2.45, 2.75) is 57.0 Å². The Bertz CT molecular complexity index is 759. The average molecular weight is 342 g/mol. The number of rotatable bonds is 5. The lowest BCUT2D eigenvalue weighted by atomic mass is 9.97. The van der Waals surface area contributed by atoms with Gasteiger partial charge >= 0.3 is 0 Å². The van der Waals surface area contributed by atoms with E-state index in [2.05, 4.69) is 15.9 Å². The van der Waals surface area contributed by atoms with Crippen LogP contribution in [0.15, 0.2) is 6.33 Å². The van der Waals surface area contributed by atoms with Crippen molar-refractivity contribution in [2.24, 2.45) is 0 Å². The summed E-state index contributed by atoms with van der Waals surface area (Å²) < 4.78 is 11.9. The minimum atomic E-state index is 0.296. The topological polar surface area (TPSA) is 44.2 Å². The number of nitrogens with zero attached hydrogens (tertiary/aromatic N) is 2. The maximum Gasteiger partial charge on any atom is 0.225 e. The number of hydrogen-bond acceptors (Lipinski definition) is 5. The van der Waals surface area contributed by atoms with Crippen molar-refractivity contribution in [2.75, 3.05) is 13.2 Å². The zero-order chi connectivity index (χ0) is 16.4. The van der Waals surface area contributed by atoms with E-state index in [1.54, 1.807) is 17.7 Å². The van der Waals surface area contributed by atoms with Gasteiger partial charge in [-0.15, -0.1) is 17.8 Å². The summed E-state index contributed by atoms with van der Waals surface area (Å²) in [7, 11) is 0. The van der Waals surface area contributed by atoms with Crippen molar-refractivity contribution >= 4 is 21.6 Å². The van der Waals surface area contributed by atoms with Crippen molar-refractivity contribution in [1.29, 1.82) is 0 Å². The molecule has 2 aromatic rings. The third kappa shape index (κ3) is 3.01. The van der Waals surface area contributed by atoms with Gasteiger partial charge in [-0.3, -0.25) is 0 Å². The summed E-state index contributed by atoms with van der Waals surface area (Å²) in [5, 5.41) is 1.12. The molecule has 0 saturated heterocycles. The highest BCUT2D eigenvalue weighted by Gasteiger charge is 2.30. The summed E-state index contributed by atoms with van der Waals surface area (Å²) in [5.74, 6) is 3.69. The van der Waals surface area contributed by atoms with Crippen LogP contribution in [0.1, 0.15) is 54.9 Å². The van der Waals surface area contributed by atoms with Gasteiger partial charge in [0.25, 0.3) is 0 Å². The molecule has 126 valence electrons. The lowest BCUT2D eigenvalue weighted by molar-refractivity contribution is 0.148. The van der Waals surface area contributed by atoms with Crippen LogP contribution in [-0.2, 0) is 11.2 Å². The third-order valence-corrected chi connectivity index (χ3v) is 6.20. The molecule has 0 spiro atoms. The fraction of sp³-hybridized carbons (Fsp3) is 0.579. The van der Waals surface area contributed by atoms with Gasteiger partial charge in [0.15, 0.2) is 0 Å². The van der Waals surface area contributed by atoms with Crippen LogP contribution >= 0.6 is 11.3 Å². The summed E-state index contributed by atoms with van der Waals surface area (Å²) >= 11 is 1.78. The van der Waals surface area contributed by atoms with Gasteiger partial charge in [-0.25, -0.2) is 9.97 Å². The van der Waals surface area contributed by atoms with Gasteiger partial charge < -0.3 is 9.47 Å². The Balaban J connectivity index is 1.64. The molecule has 5 heteroatoms. The second-order valence-corrected chi connectivity index (χ2v) is 7.71. The van der Waals surface area contributed by atoms with Gasteiger partial charge in [0.2, 0.25) is 5.88 Å². The highest BCUT2D eigenvalue weighted by atomic mass is 32.1. The number of hydrogen-bond donors (Lipinski definition) is 0. The number of ether oxygens (including phenoxy) is 2. The van der Waals surface area contributed by atoms with Crippen molar-refractivity contribution in [3.63, 3.8) is 0 Å². The first-order valence-electron chi connectivity index (χ1n) is 8.81. The van der Waals surface area contributed by atoms with E-state index < -0.39 is 0 Å². The molecule has 0 N–H and O–H groups in total. The molecule has 1 saturated carbocycles. The minimum absolute atomic E-state index is 0.296. The Morgan fingerprint density at radius 3 is 2.92 bits per heavy atom. The second-order valence-electron chi connectivity index (χ2n) is 6.63. The summed E-state index contributed by atoms with van der Waals surface area (Å²) in [4.78, 5) is 11.4. The van der Waals surface area contributed by atoms with Crippen LogP contribution in [0.3, 0.4) is 0 Å². The maximum atomic E-state index is 6.31. The van der Waals surface area contributed by atoms with E-state index in [1.165, 1.54) is 29.7 Å². The fourth-order valence-electron chi connectivity index (χ4n) is 3.90. The molecule has 4 nitrogen and oxygen atoms in total. The molecule has 2 heterocycles. The zero-order valence-electron chi connectivity index (χ0n) is 13.8.